The smallest absolute Gasteiger partial charge is 0.0956 e. The quantitative estimate of drug-likeness (QED) is 0.203. The van der Waals surface area contributed by atoms with Crippen molar-refractivity contribution in [3.05, 3.63) is 8.96 Å². The molecule has 0 aliphatic carbocycles. The molecule has 0 fully saturated rings. The molecule has 0 saturated carbocycles. The summed E-state index contributed by atoms with van der Waals surface area (Å²) in [5.41, 5.74) is 0.881. The van der Waals surface area contributed by atoms with E-state index in [1.54, 1.807) is 0 Å². The summed E-state index contributed by atoms with van der Waals surface area (Å²) in [6.45, 7) is 4.51. The molecular weight excluding hydrogens is 424 g/mol. The number of hydrogen-bond donors (Lipinski definition) is 0. The second-order valence-corrected chi connectivity index (χ2v) is 8.92. The summed E-state index contributed by atoms with van der Waals surface area (Å²) in [5.74, 6) is 12.9. The highest BCUT2D eigenvalue weighted by molar-refractivity contribution is 9.28. The minimum atomic E-state index is 0.876. The first-order valence-corrected chi connectivity index (χ1v) is 11.3. The Balaban J connectivity index is 3.94. The van der Waals surface area contributed by atoms with Gasteiger partial charge >= 0.3 is 0 Å². The Labute approximate surface area is 167 Å². The minimum absolute atomic E-state index is 0.876. The molecule has 0 nitrogen and oxygen atoms in total. The average molecular weight is 458 g/mol. The van der Waals surface area contributed by atoms with Crippen LogP contribution in [0.4, 0.5) is 0 Å². The summed E-state index contributed by atoms with van der Waals surface area (Å²) in [7, 11) is 0. The molecule has 0 atom stereocenters. The highest BCUT2D eigenvalue weighted by Crippen LogP contribution is 2.18. The van der Waals surface area contributed by atoms with Crippen LogP contribution in [0.1, 0.15) is 104 Å². The van der Waals surface area contributed by atoms with Gasteiger partial charge in [-0.1, -0.05) is 102 Å². The predicted molar refractivity (Wildman–Crippen MR) is 116 cm³/mol. The fraction of sp³-hybridized carbons (Fsp3) is 0.727. The summed E-state index contributed by atoms with van der Waals surface area (Å²) in [4.78, 5) is 0. The fourth-order valence-electron chi connectivity index (χ4n) is 2.41. The summed E-state index contributed by atoms with van der Waals surface area (Å²) in [6.07, 6.45) is 17.7. The molecule has 0 unspecified atom stereocenters. The molecule has 24 heavy (non-hydrogen) atoms. The lowest BCUT2D eigenvalue weighted by atomic mass is 10.1. The molecule has 0 amide bonds. The molecular formula is C22H34Br2. The van der Waals surface area contributed by atoms with Gasteiger partial charge in [-0.05, 0) is 44.7 Å². The molecule has 0 aromatic carbocycles. The molecule has 0 spiro atoms. The number of halogens is 2. The van der Waals surface area contributed by atoms with Crippen molar-refractivity contribution in [1.82, 2.24) is 0 Å². The number of allylic oxidation sites excluding steroid dienone is 1. The van der Waals surface area contributed by atoms with Crippen molar-refractivity contribution in [2.45, 2.75) is 104 Å². The van der Waals surface area contributed by atoms with E-state index in [1.807, 2.05) is 0 Å². The molecule has 0 radical (unpaired) electrons. The number of rotatable bonds is 12. The van der Waals surface area contributed by atoms with Crippen molar-refractivity contribution in [3.63, 3.8) is 0 Å². The molecule has 2 heteroatoms. The summed E-state index contributed by atoms with van der Waals surface area (Å²) in [5, 5.41) is 0. The zero-order chi connectivity index (χ0) is 17.9. The van der Waals surface area contributed by atoms with Crippen molar-refractivity contribution in [1.29, 1.82) is 0 Å². The lowest BCUT2D eigenvalue weighted by Gasteiger charge is -1.97. The first kappa shape index (κ1) is 23.8. The van der Waals surface area contributed by atoms with Crippen LogP contribution in [0, 0.1) is 23.7 Å². The van der Waals surface area contributed by atoms with E-state index in [9.17, 15) is 0 Å². The molecule has 0 bridgehead atoms. The normalized spacial score (nSPS) is 9.67. The maximum Gasteiger partial charge on any atom is 0.0956 e. The van der Waals surface area contributed by atoms with Crippen molar-refractivity contribution in [2.24, 2.45) is 0 Å². The van der Waals surface area contributed by atoms with Crippen molar-refractivity contribution in [3.8, 4) is 23.7 Å². The van der Waals surface area contributed by atoms with Gasteiger partial charge in [-0.15, -0.1) is 0 Å². The molecule has 0 aliphatic heterocycles. The summed E-state index contributed by atoms with van der Waals surface area (Å²) < 4.78 is 0.876. The van der Waals surface area contributed by atoms with E-state index in [1.165, 1.54) is 77.0 Å². The topological polar surface area (TPSA) is 0 Å². The third kappa shape index (κ3) is 16.7. The van der Waals surface area contributed by atoms with E-state index >= 15 is 0 Å². The van der Waals surface area contributed by atoms with E-state index < -0.39 is 0 Å². The molecule has 0 N–H and O–H groups in total. The van der Waals surface area contributed by atoms with Gasteiger partial charge in [0.15, 0.2) is 0 Å². The van der Waals surface area contributed by atoms with Crippen LogP contribution in [0.3, 0.4) is 0 Å². The van der Waals surface area contributed by atoms with Gasteiger partial charge in [0, 0.05) is 12.8 Å². The van der Waals surface area contributed by atoms with E-state index in [-0.39, 0.29) is 0 Å². The van der Waals surface area contributed by atoms with Crippen LogP contribution >= 0.6 is 31.9 Å². The third-order valence-corrected chi connectivity index (χ3v) is 4.72. The molecule has 0 heterocycles. The van der Waals surface area contributed by atoms with Crippen LogP contribution in [0.15, 0.2) is 8.96 Å². The summed E-state index contributed by atoms with van der Waals surface area (Å²) >= 11 is 6.91. The number of unbranched alkanes of at least 4 members (excludes halogenated alkanes) is 12. The van der Waals surface area contributed by atoms with Gasteiger partial charge in [-0.3, -0.25) is 0 Å². The molecule has 0 aliphatic rings. The van der Waals surface area contributed by atoms with Crippen LogP contribution in [0.5, 0.6) is 0 Å². The molecule has 0 saturated heterocycles. The van der Waals surface area contributed by atoms with Crippen LogP contribution in [-0.4, -0.2) is 0 Å². The molecule has 136 valence electrons. The Hall–Kier alpha value is -0.180. The zero-order valence-electron chi connectivity index (χ0n) is 15.7. The van der Waals surface area contributed by atoms with Crippen LogP contribution in [-0.2, 0) is 0 Å². The molecule has 0 aromatic heterocycles. The van der Waals surface area contributed by atoms with Gasteiger partial charge in [-0.2, -0.15) is 0 Å². The maximum absolute atomic E-state index is 3.45. The van der Waals surface area contributed by atoms with Gasteiger partial charge in [0.1, 0.15) is 0 Å². The second-order valence-electron chi connectivity index (χ2n) is 6.27. The van der Waals surface area contributed by atoms with Crippen molar-refractivity contribution >= 4 is 31.9 Å². The van der Waals surface area contributed by atoms with Crippen molar-refractivity contribution in [2.75, 3.05) is 0 Å². The van der Waals surface area contributed by atoms with E-state index in [0.717, 1.165) is 21.8 Å². The van der Waals surface area contributed by atoms with Crippen LogP contribution in [0.2, 0.25) is 0 Å². The Morgan fingerprint density at radius 2 is 0.958 bits per heavy atom. The Bertz CT molecular complexity index is 400. The van der Waals surface area contributed by atoms with Gasteiger partial charge in [-0.25, -0.2) is 0 Å². The fourth-order valence-corrected chi connectivity index (χ4v) is 2.81. The SMILES string of the molecule is CCCCCCCCC#CC(C#CCCCCCCCC)=C(Br)Br. The Kier molecular flexibility index (Phi) is 19.0. The minimum Gasteiger partial charge on any atom is -0.0972 e. The van der Waals surface area contributed by atoms with Gasteiger partial charge in [0.05, 0.1) is 8.96 Å². The summed E-state index contributed by atoms with van der Waals surface area (Å²) in [6, 6.07) is 0. The third-order valence-electron chi connectivity index (χ3n) is 3.93. The zero-order valence-corrected chi connectivity index (χ0v) is 18.8. The first-order valence-electron chi connectivity index (χ1n) is 9.75. The van der Waals surface area contributed by atoms with E-state index in [0.29, 0.717) is 0 Å². The van der Waals surface area contributed by atoms with Crippen molar-refractivity contribution < 1.29 is 0 Å². The molecule has 0 rings (SSSR count). The largest absolute Gasteiger partial charge is 0.0972 e. The van der Waals surface area contributed by atoms with Crippen LogP contribution < -0.4 is 0 Å². The lowest BCUT2D eigenvalue weighted by molar-refractivity contribution is 0.614. The average Bonchev–Trinajstić information content (AvgIpc) is 2.57. The van der Waals surface area contributed by atoms with E-state index in [4.69, 9.17) is 0 Å². The highest BCUT2D eigenvalue weighted by Gasteiger charge is 1.94. The first-order chi connectivity index (χ1) is 11.7. The van der Waals surface area contributed by atoms with Crippen LogP contribution in [0.25, 0.3) is 0 Å². The second kappa shape index (κ2) is 19.1. The lowest BCUT2D eigenvalue weighted by Crippen LogP contribution is -1.80. The predicted octanol–water partition coefficient (Wildman–Crippen LogP) is 8.50. The molecule has 0 aromatic rings. The highest BCUT2D eigenvalue weighted by atomic mass is 79.9. The maximum atomic E-state index is 3.45. The number of hydrogen-bond acceptors (Lipinski definition) is 0. The van der Waals surface area contributed by atoms with Gasteiger partial charge in [0.2, 0.25) is 0 Å². The Morgan fingerprint density at radius 3 is 1.33 bits per heavy atom. The van der Waals surface area contributed by atoms with Gasteiger partial charge < -0.3 is 0 Å². The standard InChI is InChI=1S/C22H34Br2/c1-3-5-7-9-11-13-15-17-19-21(22(23)24)20-18-16-14-12-10-8-6-4-2/h3-16H2,1-2H3. The monoisotopic (exact) mass is 456 g/mol. The Morgan fingerprint density at radius 1 is 0.583 bits per heavy atom. The van der Waals surface area contributed by atoms with Gasteiger partial charge in [0.25, 0.3) is 0 Å². The van der Waals surface area contributed by atoms with E-state index in [2.05, 4.69) is 69.4 Å².